The number of benzene rings is 1. The molecule has 3 nitrogen and oxygen atoms in total. The number of rotatable bonds is 4. The first-order valence-electron chi connectivity index (χ1n) is 7.20. The van der Waals surface area contributed by atoms with Crippen molar-refractivity contribution < 1.29 is 0 Å². The summed E-state index contributed by atoms with van der Waals surface area (Å²) in [6.07, 6.45) is 5.22. The van der Waals surface area contributed by atoms with Crippen molar-refractivity contribution in [2.24, 2.45) is 0 Å². The van der Waals surface area contributed by atoms with Gasteiger partial charge in [-0.3, -0.25) is 0 Å². The van der Waals surface area contributed by atoms with Gasteiger partial charge < -0.3 is 10.3 Å². The Labute approximate surface area is 118 Å². The van der Waals surface area contributed by atoms with E-state index < -0.39 is 0 Å². The number of thioether (sulfide) groups is 1. The minimum Gasteiger partial charge on any atom is -0.333 e. The van der Waals surface area contributed by atoms with Crippen molar-refractivity contribution in [3.63, 3.8) is 0 Å². The molecule has 1 aromatic heterocycles. The number of H-pyrrole nitrogens is 1. The van der Waals surface area contributed by atoms with Gasteiger partial charge >= 0.3 is 0 Å². The third-order valence-electron chi connectivity index (χ3n) is 3.76. The van der Waals surface area contributed by atoms with Crippen molar-refractivity contribution in [3.05, 3.63) is 24.3 Å². The monoisotopic (exact) mass is 275 g/mol. The number of para-hydroxylation sites is 2. The lowest BCUT2D eigenvalue weighted by atomic mass is 9.95. The number of aromatic amines is 1. The Morgan fingerprint density at radius 2 is 2.26 bits per heavy atom. The normalized spacial score (nSPS) is 23.8. The number of hydrogen-bond acceptors (Lipinski definition) is 3. The summed E-state index contributed by atoms with van der Waals surface area (Å²) in [5.74, 6) is 0. The lowest BCUT2D eigenvalue weighted by molar-refractivity contribution is 0.387. The summed E-state index contributed by atoms with van der Waals surface area (Å²) in [4.78, 5) is 8.09. The molecule has 1 saturated carbocycles. The Balaban J connectivity index is 1.67. The molecule has 1 aliphatic rings. The Bertz CT molecular complexity index is 502. The molecular formula is C15H21N3S. The Morgan fingerprint density at radius 3 is 3.11 bits per heavy atom. The van der Waals surface area contributed by atoms with Crippen LogP contribution in [0.4, 0.5) is 0 Å². The lowest BCUT2D eigenvalue weighted by Crippen LogP contribution is -2.34. The SMILES string of the molecule is CCNC1CCCC(Sc2nc3ccccc3[nH]2)C1. The molecule has 0 spiro atoms. The van der Waals surface area contributed by atoms with Crippen molar-refractivity contribution >= 4 is 22.8 Å². The number of hydrogen-bond donors (Lipinski definition) is 2. The van der Waals surface area contributed by atoms with E-state index in [1.807, 2.05) is 17.8 Å². The molecule has 0 bridgehead atoms. The molecule has 2 atom stereocenters. The van der Waals surface area contributed by atoms with Crippen LogP contribution in [0.25, 0.3) is 11.0 Å². The van der Waals surface area contributed by atoms with E-state index in [0.717, 1.165) is 22.7 Å². The van der Waals surface area contributed by atoms with E-state index in [-0.39, 0.29) is 0 Å². The van der Waals surface area contributed by atoms with Crippen LogP contribution in [0.5, 0.6) is 0 Å². The third kappa shape index (κ3) is 3.12. The fourth-order valence-electron chi connectivity index (χ4n) is 2.87. The number of nitrogens with one attached hydrogen (secondary N) is 2. The molecule has 0 radical (unpaired) electrons. The molecule has 3 rings (SSSR count). The zero-order valence-corrected chi connectivity index (χ0v) is 12.2. The highest BCUT2D eigenvalue weighted by molar-refractivity contribution is 7.99. The van der Waals surface area contributed by atoms with E-state index in [2.05, 4.69) is 40.4 Å². The van der Waals surface area contributed by atoms with Gasteiger partial charge in [-0.15, -0.1) is 0 Å². The van der Waals surface area contributed by atoms with Crippen LogP contribution in [0, 0.1) is 0 Å². The molecule has 1 aromatic carbocycles. The second kappa shape index (κ2) is 5.97. The van der Waals surface area contributed by atoms with E-state index in [1.165, 1.54) is 25.7 Å². The quantitative estimate of drug-likeness (QED) is 0.896. The topological polar surface area (TPSA) is 40.7 Å². The third-order valence-corrected chi connectivity index (χ3v) is 4.94. The predicted molar refractivity (Wildman–Crippen MR) is 81.7 cm³/mol. The molecule has 19 heavy (non-hydrogen) atoms. The first-order valence-corrected chi connectivity index (χ1v) is 8.08. The van der Waals surface area contributed by atoms with Gasteiger partial charge in [0.05, 0.1) is 11.0 Å². The van der Waals surface area contributed by atoms with Crippen LogP contribution in [0.1, 0.15) is 32.6 Å². The standard InChI is InChI=1S/C15H21N3S/c1-2-16-11-6-5-7-12(10-11)19-15-17-13-8-3-4-9-14(13)18-15/h3-4,8-9,11-12,16H,2,5-7,10H2,1H3,(H,17,18). The fourth-order valence-corrected chi connectivity index (χ4v) is 4.12. The minimum absolute atomic E-state index is 0.693. The summed E-state index contributed by atoms with van der Waals surface area (Å²) in [6, 6.07) is 8.95. The second-order valence-corrected chi connectivity index (χ2v) is 6.51. The number of fused-ring (bicyclic) bond motifs is 1. The van der Waals surface area contributed by atoms with Crippen molar-refractivity contribution in [1.29, 1.82) is 0 Å². The molecule has 2 aromatic rings. The zero-order valence-electron chi connectivity index (χ0n) is 11.4. The van der Waals surface area contributed by atoms with Crippen LogP contribution in [-0.4, -0.2) is 27.8 Å². The zero-order chi connectivity index (χ0) is 13.1. The summed E-state index contributed by atoms with van der Waals surface area (Å²) in [7, 11) is 0. The van der Waals surface area contributed by atoms with Crippen molar-refractivity contribution in [2.75, 3.05) is 6.54 Å². The Kier molecular flexibility index (Phi) is 4.09. The van der Waals surface area contributed by atoms with Crippen molar-refractivity contribution in [2.45, 2.75) is 49.1 Å². The minimum atomic E-state index is 0.693. The molecular weight excluding hydrogens is 254 g/mol. The molecule has 4 heteroatoms. The van der Waals surface area contributed by atoms with Gasteiger partial charge in [0.1, 0.15) is 0 Å². The van der Waals surface area contributed by atoms with Crippen molar-refractivity contribution in [3.8, 4) is 0 Å². The Morgan fingerprint density at radius 1 is 1.37 bits per heavy atom. The summed E-state index contributed by atoms with van der Waals surface area (Å²) in [6.45, 7) is 3.27. The average molecular weight is 275 g/mol. The summed E-state index contributed by atoms with van der Waals surface area (Å²) >= 11 is 1.91. The van der Waals surface area contributed by atoms with Gasteiger partial charge in [0.25, 0.3) is 0 Å². The van der Waals surface area contributed by atoms with E-state index >= 15 is 0 Å². The lowest BCUT2D eigenvalue weighted by Gasteiger charge is -2.28. The molecule has 0 aliphatic heterocycles. The Hall–Kier alpha value is -1.00. The molecule has 1 fully saturated rings. The highest BCUT2D eigenvalue weighted by atomic mass is 32.2. The van der Waals surface area contributed by atoms with Gasteiger partial charge in [0.2, 0.25) is 0 Å². The van der Waals surface area contributed by atoms with Gasteiger partial charge in [0.15, 0.2) is 5.16 Å². The molecule has 2 unspecified atom stereocenters. The van der Waals surface area contributed by atoms with Crippen LogP contribution in [0.2, 0.25) is 0 Å². The molecule has 0 saturated heterocycles. The highest BCUT2D eigenvalue weighted by Gasteiger charge is 2.23. The second-order valence-electron chi connectivity index (χ2n) is 5.22. The first-order chi connectivity index (χ1) is 9.35. The van der Waals surface area contributed by atoms with Crippen molar-refractivity contribution in [1.82, 2.24) is 15.3 Å². The smallest absolute Gasteiger partial charge is 0.166 e. The van der Waals surface area contributed by atoms with Crippen LogP contribution in [0.3, 0.4) is 0 Å². The predicted octanol–water partition coefficient (Wildman–Crippen LogP) is 3.58. The van der Waals surface area contributed by atoms with Crippen LogP contribution in [-0.2, 0) is 0 Å². The maximum Gasteiger partial charge on any atom is 0.166 e. The van der Waals surface area contributed by atoms with Gasteiger partial charge in [-0.25, -0.2) is 4.98 Å². The number of nitrogens with zero attached hydrogens (tertiary/aromatic N) is 1. The summed E-state index contributed by atoms with van der Waals surface area (Å²) < 4.78 is 0. The van der Waals surface area contributed by atoms with Crippen LogP contribution in [0.15, 0.2) is 29.4 Å². The fraction of sp³-hybridized carbons (Fsp3) is 0.533. The van der Waals surface area contributed by atoms with Gasteiger partial charge in [-0.05, 0) is 37.9 Å². The molecule has 102 valence electrons. The van der Waals surface area contributed by atoms with E-state index in [1.54, 1.807) is 0 Å². The molecule has 0 amide bonds. The van der Waals surface area contributed by atoms with Gasteiger partial charge in [-0.1, -0.05) is 37.2 Å². The molecule has 2 N–H and O–H groups in total. The van der Waals surface area contributed by atoms with E-state index in [4.69, 9.17) is 0 Å². The van der Waals surface area contributed by atoms with E-state index in [9.17, 15) is 0 Å². The summed E-state index contributed by atoms with van der Waals surface area (Å²) in [5.41, 5.74) is 2.22. The average Bonchev–Trinajstić information content (AvgIpc) is 2.81. The van der Waals surface area contributed by atoms with E-state index in [0.29, 0.717) is 11.3 Å². The molecule has 1 aliphatic carbocycles. The van der Waals surface area contributed by atoms with Crippen LogP contribution >= 0.6 is 11.8 Å². The largest absolute Gasteiger partial charge is 0.333 e. The number of aromatic nitrogens is 2. The van der Waals surface area contributed by atoms with Gasteiger partial charge in [0, 0.05) is 11.3 Å². The maximum atomic E-state index is 4.66. The highest BCUT2D eigenvalue weighted by Crippen LogP contribution is 2.33. The maximum absolute atomic E-state index is 4.66. The van der Waals surface area contributed by atoms with Gasteiger partial charge in [-0.2, -0.15) is 0 Å². The number of imidazole rings is 1. The summed E-state index contributed by atoms with van der Waals surface area (Å²) in [5, 5.41) is 5.35. The molecule has 1 heterocycles. The van der Waals surface area contributed by atoms with Crippen LogP contribution < -0.4 is 5.32 Å². The first kappa shape index (κ1) is 13.0.